The molecule has 0 fully saturated rings. The minimum atomic E-state index is 0.465. The zero-order chi connectivity index (χ0) is 12.8. The summed E-state index contributed by atoms with van der Waals surface area (Å²) in [5.41, 5.74) is 2.73. The van der Waals surface area contributed by atoms with Gasteiger partial charge < -0.3 is 5.32 Å². The Hall–Kier alpha value is -1.60. The van der Waals surface area contributed by atoms with Gasteiger partial charge in [-0.25, -0.2) is 0 Å². The average molecular weight is 239 g/mol. The predicted octanol–water partition coefficient (Wildman–Crippen LogP) is 3.97. The van der Waals surface area contributed by atoms with Gasteiger partial charge in [-0.1, -0.05) is 67.6 Å². The number of benzene rings is 2. The van der Waals surface area contributed by atoms with Crippen molar-refractivity contribution < 1.29 is 0 Å². The molecule has 0 saturated carbocycles. The van der Waals surface area contributed by atoms with E-state index in [1.54, 1.807) is 0 Å². The monoisotopic (exact) mass is 239 g/mol. The van der Waals surface area contributed by atoms with Crippen LogP contribution in [0, 0.1) is 0 Å². The first-order chi connectivity index (χ1) is 8.77. The van der Waals surface area contributed by atoms with E-state index < -0.39 is 0 Å². The molecule has 1 nitrogen and oxygen atoms in total. The van der Waals surface area contributed by atoms with Crippen molar-refractivity contribution in [2.75, 3.05) is 0 Å². The molecule has 18 heavy (non-hydrogen) atoms. The number of nitrogens with one attached hydrogen (secondary N) is 1. The Morgan fingerprint density at radius 2 is 1.39 bits per heavy atom. The summed E-state index contributed by atoms with van der Waals surface area (Å²) in [5.74, 6) is 0.523. The van der Waals surface area contributed by atoms with Crippen LogP contribution < -0.4 is 5.32 Å². The van der Waals surface area contributed by atoms with Crippen LogP contribution in [0.2, 0.25) is 0 Å². The van der Waals surface area contributed by atoms with E-state index in [1.165, 1.54) is 11.1 Å². The lowest BCUT2D eigenvalue weighted by atomic mass is 9.94. The first-order valence-corrected chi connectivity index (χ1v) is 6.59. The maximum absolute atomic E-state index is 3.60. The second kappa shape index (κ2) is 6.36. The molecule has 0 spiro atoms. The van der Waals surface area contributed by atoms with Crippen molar-refractivity contribution in [1.82, 2.24) is 5.32 Å². The van der Waals surface area contributed by atoms with E-state index in [4.69, 9.17) is 0 Å². The Morgan fingerprint density at radius 1 is 0.833 bits per heavy atom. The van der Waals surface area contributed by atoms with Crippen molar-refractivity contribution >= 4 is 0 Å². The van der Waals surface area contributed by atoms with Crippen molar-refractivity contribution in [3.63, 3.8) is 0 Å². The molecular weight excluding hydrogens is 218 g/mol. The number of hydrogen-bond donors (Lipinski definition) is 1. The molecule has 1 N–H and O–H groups in total. The third-order valence-electron chi connectivity index (χ3n) is 3.55. The molecule has 0 aliphatic carbocycles. The van der Waals surface area contributed by atoms with Crippen LogP contribution in [0.15, 0.2) is 60.7 Å². The van der Waals surface area contributed by atoms with E-state index in [1.807, 2.05) is 0 Å². The lowest BCUT2D eigenvalue weighted by Gasteiger charge is -2.22. The lowest BCUT2D eigenvalue weighted by Crippen LogP contribution is -2.30. The highest BCUT2D eigenvalue weighted by atomic mass is 14.9. The van der Waals surface area contributed by atoms with E-state index in [9.17, 15) is 0 Å². The number of hydrogen-bond acceptors (Lipinski definition) is 1. The van der Waals surface area contributed by atoms with Crippen molar-refractivity contribution in [1.29, 1.82) is 0 Å². The quantitative estimate of drug-likeness (QED) is 0.832. The van der Waals surface area contributed by atoms with E-state index in [2.05, 4.69) is 79.8 Å². The van der Waals surface area contributed by atoms with Crippen LogP contribution in [0.5, 0.6) is 0 Å². The van der Waals surface area contributed by atoms with Gasteiger partial charge in [0.15, 0.2) is 0 Å². The highest BCUT2D eigenvalue weighted by Gasteiger charge is 2.13. The lowest BCUT2D eigenvalue weighted by molar-refractivity contribution is 0.480. The topological polar surface area (TPSA) is 12.0 Å². The molecule has 0 aliphatic rings. The number of rotatable bonds is 5. The maximum Gasteiger partial charge on any atom is 0.0208 e. The molecule has 0 aliphatic heterocycles. The second-order valence-electron chi connectivity index (χ2n) is 4.85. The first-order valence-electron chi connectivity index (χ1n) is 6.59. The summed E-state index contributed by atoms with van der Waals surface area (Å²) in [6, 6.07) is 21.7. The van der Waals surface area contributed by atoms with E-state index in [0.29, 0.717) is 12.0 Å². The molecule has 1 heteroatoms. The molecule has 0 saturated heterocycles. The third-order valence-corrected chi connectivity index (χ3v) is 3.55. The van der Waals surface area contributed by atoms with Gasteiger partial charge in [-0.05, 0) is 24.0 Å². The van der Waals surface area contributed by atoms with Crippen LogP contribution in [-0.4, -0.2) is 6.04 Å². The van der Waals surface area contributed by atoms with E-state index >= 15 is 0 Å². The van der Waals surface area contributed by atoms with Crippen molar-refractivity contribution in [3.05, 3.63) is 71.8 Å². The molecule has 2 aromatic carbocycles. The molecule has 0 aromatic heterocycles. The Bertz CT molecular complexity index is 450. The Morgan fingerprint density at radius 3 is 2.00 bits per heavy atom. The van der Waals surface area contributed by atoms with Gasteiger partial charge in [0.25, 0.3) is 0 Å². The van der Waals surface area contributed by atoms with Gasteiger partial charge in [0.2, 0.25) is 0 Å². The standard InChI is InChI=1S/C17H21N/c1-14(17-11-7-4-8-12-17)15(2)18-13-16-9-5-3-6-10-16/h3-12,14-15,18H,13H2,1-2H3/t14-,15-/m0/s1. The highest BCUT2D eigenvalue weighted by molar-refractivity contribution is 5.20. The zero-order valence-corrected chi connectivity index (χ0v) is 11.1. The fraction of sp³-hybridized carbons (Fsp3) is 0.294. The van der Waals surface area contributed by atoms with Gasteiger partial charge in [0.05, 0.1) is 0 Å². The Labute approximate surface area is 110 Å². The van der Waals surface area contributed by atoms with Crippen molar-refractivity contribution in [3.8, 4) is 0 Å². The van der Waals surface area contributed by atoms with Crippen LogP contribution in [0.4, 0.5) is 0 Å². The fourth-order valence-electron chi connectivity index (χ4n) is 2.10. The van der Waals surface area contributed by atoms with Crippen molar-refractivity contribution in [2.24, 2.45) is 0 Å². The summed E-state index contributed by atoms with van der Waals surface area (Å²) in [6.07, 6.45) is 0. The summed E-state index contributed by atoms with van der Waals surface area (Å²) in [5, 5.41) is 3.60. The van der Waals surface area contributed by atoms with Crippen LogP contribution in [0.3, 0.4) is 0 Å². The molecule has 0 amide bonds. The van der Waals surface area contributed by atoms with E-state index in [-0.39, 0.29) is 0 Å². The molecule has 2 atom stereocenters. The highest BCUT2D eigenvalue weighted by Crippen LogP contribution is 2.18. The molecule has 0 radical (unpaired) electrons. The van der Waals surface area contributed by atoms with Gasteiger partial charge in [-0.15, -0.1) is 0 Å². The summed E-state index contributed by atoms with van der Waals surface area (Å²) >= 11 is 0. The summed E-state index contributed by atoms with van der Waals surface area (Å²) < 4.78 is 0. The normalized spacial score (nSPS) is 14.1. The van der Waals surface area contributed by atoms with Gasteiger partial charge in [-0.3, -0.25) is 0 Å². The molecule has 2 aromatic rings. The zero-order valence-electron chi connectivity index (χ0n) is 11.1. The molecule has 94 valence electrons. The van der Waals surface area contributed by atoms with Gasteiger partial charge in [0, 0.05) is 12.6 Å². The molecule has 2 rings (SSSR count). The van der Waals surface area contributed by atoms with Crippen LogP contribution in [0.25, 0.3) is 0 Å². The maximum atomic E-state index is 3.60. The largest absolute Gasteiger partial charge is 0.310 e. The summed E-state index contributed by atoms with van der Waals surface area (Å²) in [6.45, 7) is 5.46. The minimum absolute atomic E-state index is 0.465. The SMILES string of the molecule is C[C@H](NCc1ccccc1)[C@H](C)c1ccccc1. The van der Waals surface area contributed by atoms with Gasteiger partial charge >= 0.3 is 0 Å². The molecule has 0 unspecified atom stereocenters. The van der Waals surface area contributed by atoms with E-state index in [0.717, 1.165) is 6.54 Å². The van der Waals surface area contributed by atoms with Gasteiger partial charge in [-0.2, -0.15) is 0 Å². The summed E-state index contributed by atoms with van der Waals surface area (Å²) in [4.78, 5) is 0. The average Bonchev–Trinajstić information content (AvgIpc) is 2.46. The minimum Gasteiger partial charge on any atom is -0.310 e. The third kappa shape index (κ3) is 3.44. The molecule has 0 bridgehead atoms. The fourth-order valence-corrected chi connectivity index (χ4v) is 2.10. The first kappa shape index (κ1) is 12.8. The van der Waals surface area contributed by atoms with Crippen molar-refractivity contribution in [2.45, 2.75) is 32.4 Å². The molecular formula is C17H21N. The van der Waals surface area contributed by atoms with Crippen LogP contribution in [0.1, 0.15) is 30.9 Å². The molecule has 0 heterocycles. The summed E-state index contributed by atoms with van der Waals surface area (Å²) in [7, 11) is 0. The second-order valence-corrected chi connectivity index (χ2v) is 4.85. The Kier molecular flexibility index (Phi) is 4.54. The smallest absolute Gasteiger partial charge is 0.0208 e. The van der Waals surface area contributed by atoms with Gasteiger partial charge in [0.1, 0.15) is 0 Å². The Balaban J connectivity index is 1.90. The van der Waals surface area contributed by atoms with Crippen LogP contribution in [-0.2, 0) is 6.54 Å². The van der Waals surface area contributed by atoms with Crippen LogP contribution >= 0.6 is 0 Å². The predicted molar refractivity (Wildman–Crippen MR) is 77.6 cm³/mol.